The molecule has 7 heteroatoms. The van der Waals surface area contributed by atoms with Gasteiger partial charge in [0.2, 0.25) is 0 Å². The number of methoxy groups -OCH3 is 1. The number of benzene rings is 3. The summed E-state index contributed by atoms with van der Waals surface area (Å²) in [4.78, 5) is 17.9. The van der Waals surface area contributed by atoms with Crippen molar-refractivity contribution >= 4 is 57.3 Å². The van der Waals surface area contributed by atoms with E-state index in [0.29, 0.717) is 43.3 Å². The Kier molecular flexibility index (Phi) is 5.82. The number of anilines is 1. The minimum absolute atomic E-state index is 0.310. The van der Waals surface area contributed by atoms with Gasteiger partial charge in [-0.3, -0.25) is 4.79 Å². The van der Waals surface area contributed by atoms with Crippen molar-refractivity contribution in [1.82, 2.24) is 4.98 Å². The number of pyridine rings is 1. The highest BCUT2D eigenvalue weighted by atomic mass is 35.5. The van der Waals surface area contributed by atoms with Gasteiger partial charge in [0.15, 0.2) is 0 Å². The molecule has 0 aliphatic heterocycles. The lowest BCUT2D eigenvalue weighted by Crippen LogP contribution is -2.14. The van der Waals surface area contributed by atoms with Crippen LogP contribution in [0.2, 0.25) is 15.1 Å². The fraction of sp³-hybridized carbons (Fsp3) is 0.0435. The van der Waals surface area contributed by atoms with Crippen molar-refractivity contribution in [2.24, 2.45) is 0 Å². The molecule has 0 radical (unpaired) electrons. The van der Waals surface area contributed by atoms with E-state index in [1.165, 1.54) is 7.11 Å². The number of carbonyl (C=O) groups is 1. The van der Waals surface area contributed by atoms with Gasteiger partial charge in [0, 0.05) is 16.0 Å². The van der Waals surface area contributed by atoms with Crippen molar-refractivity contribution in [2.45, 2.75) is 0 Å². The summed E-state index contributed by atoms with van der Waals surface area (Å²) in [5.41, 5.74) is 2.99. The third-order valence-electron chi connectivity index (χ3n) is 4.59. The molecule has 0 aliphatic rings. The van der Waals surface area contributed by atoms with Crippen molar-refractivity contribution < 1.29 is 9.53 Å². The van der Waals surface area contributed by atoms with Crippen LogP contribution < -0.4 is 10.1 Å². The number of rotatable bonds is 4. The number of amides is 1. The van der Waals surface area contributed by atoms with Crippen molar-refractivity contribution in [3.8, 4) is 17.0 Å². The van der Waals surface area contributed by atoms with Crippen molar-refractivity contribution in [2.75, 3.05) is 12.4 Å². The average molecular weight is 458 g/mol. The number of hydrogen-bond acceptors (Lipinski definition) is 3. The van der Waals surface area contributed by atoms with E-state index in [0.717, 1.165) is 10.9 Å². The second kappa shape index (κ2) is 8.52. The first-order valence-corrected chi connectivity index (χ1v) is 10.1. The zero-order valence-electron chi connectivity index (χ0n) is 15.7. The van der Waals surface area contributed by atoms with E-state index in [1.807, 2.05) is 30.3 Å². The molecule has 1 N–H and O–H groups in total. The average Bonchev–Trinajstić information content (AvgIpc) is 2.75. The molecule has 30 heavy (non-hydrogen) atoms. The van der Waals surface area contributed by atoms with E-state index in [9.17, 15) is 4.79 Å². The van der Waals surface area contributed by atoms with E-state index >= 15 is 0 Å². The second-order valence-electron chi connectivity index (χ2n) is 6.50. The highest BCUT2D eigenvalue weighted by Crippen LogP contribution is 2.32. The molecule has 1 heterocycles. The van der Waals surface area contributed by atoms with Gasteiger partial charge in [-0.1, -0.05) is 59.1 Å². The Morgan fingerprint density at radius 3 is 2.50 bits per heavy atom. The van der Waals surface area contributed by atoms with Gasteiger partial charge in [0.25, 0.3) is 5.91 Å². The second-order valence-corrected chi connectivity index (χ2v) is 7.75. The molecule has 1 amide bonds. The number of fused-ring (bicyclic) bond motifs is 1. The van der Waals surface area contributed by atoms with E-state index in [2.05, 4.69) is 10.3 Å². The fourth-order valence-electron chi connectivity index (χ4n) is 3.13. The van der Waals surface area contributed by atoms with Gasteiger partial charge in [-0.2, -0.15) is 0 Å². The number of para-hydroxylation sites is 1. The zero-order valence-corrected chi connectivity index (χ0v) is 18.0. The summed E-state index contributed by atoms with van der Waals surface area (Å²) in [6, 6.07) is 19.4. The van der Waals surface area contributed by atoms with Gasteiger partial charge in [0.1, 0.15) is 5.75 Å². The Balaban J connectivity index is 1.82. The highest BCUT2D eigenvalue weighted by Gasteiger charge is 2.16. The molecule has 0 saturated heterocycles. The monoisotopic (exact) mass is 456 g/mol. The summed E-state index contributed by atoms with van der Waals surface area (Å²) in [6.45, 7) is 0. The van der Waals surface area contributed by atoms with Gasteiger partial charge >= 0.3 is 0 Å². The maximum atomic E-state index is 13.2. The molecular weight excluding hydrogens is 443 g/mol. The molecule has 4 aromatic rings. The van der Waals surface area contributed by atoms with Gasteiger partial charge in [-0.05, 0) is 42.5 Å². The SMILES string of the molecule is COc1ccc(Cl)cc1NC(=O)c1cc(-c2ccc(Cl)c(Cl)c2)nc2ccccc12. The van der Waals surface area contributed by atoms with Crippen LogP contribution in [0.3, 0.4) is 0 Å². The fourth-order valence-corrected chi connectivity index (χ4v) is 3.60. The molecule has 150 valence electrons. The number of carbonyl (C=O) groups excluding carboxylic acids is 1. The third-order valence-corrected chi connectivity index (χ3v) is 5.56. The van der Waals surface area contributed by atoms with E-state index < -0.39 is 0 Å². The lowest BCUT2D eigenvalue weighted by atomic mass is 10.0. The predicted molar refractivity (Wildman–Crippen MR) is 123 cm³/mol. The van der Waals surface area contributed by atoms with Crippen LogP contribution in [0.25, 0.3) is 22.2 Å². The smallest absolute Gasteiger partial charge is 0.256 e. The number of nitrogens with one attached hydrogen (secondary N) is 1. The molecular formula is C23H15Cl3N2O2. The quantitative estimate of drug-likeness (QED) is 0.355. The van der Waals surface area contributed by atoms with Crippen LogP contribution in [0.5, 0.6) is 5.75 Å². The van der Waals surface area contributed by atoms with Crippen LogP contribution in [0.15, 0.2) is 66.7 Å². The lowest BCUT2D eigenvalue weighted by molar-refractivity contribution is 0.102. The number of ether oxygens (including phenoxy) is 1. The Bertz CT molecular complexity index is 1270. The Labute approximate surface area is 188 Å². The van der Waals surface area contributed by atoms with Crippen LogP contribution in [0.1, 0.15) is 10.4 Å². The maximum absolute atomic E-state index is 13.2. The van der Waals surface area contributed by atoms with Crippen molar-refractivity contribution in [1.29, 1.82) is 0 Å². The molecule has 3 aromatic carbocycles. The van der Waals surface area contributed by atoms with Crippen LogP contribution in [0, 0.1) is 0 Å². The topological polar surface area (TPSA) is 51.2 Å². The van der Waals surface area contributed by atoms with Crippen LogP contribution in [-0.4, -0.2) is 18.0 Å². The molecule has 1 aromatic heterocycles. The maximum Gasteiger partial charge on any atom is 0.256 e. The number of halogens is 3. The zero-order chi connectivity index (χ0) is 21.3. The summed E-state index contributed by atoms with van der Waals surface area (Å²) in [7, 11) is 1.53. The molecule has 0 fully saturated rings. The Morgan fingerprint density at radius 2 is 1.73 bits per heavy atom. The summed E-state index contributed by atoms with van der Waals surface area (Å²) in [5.74, 6) is 0.200. The van der Waals surface area contributed by atoms with E-state index in [4.69, 9.17) is 39.5 Å². The predicted octanol–water partition coefficient (Wildman–Crippen LogP) is 7.12. The molecule has 0 spiro atoms. The van der Waals surface area contributed by atoms with Crippen LogP contribution >= 0.6 is 34.8 Å². The largest absolute Gasteiger partial charge is 0.495 e. The third kappa shape index (κ3) is 4.08. The summed E-state index contributed by atoms with van der Waals surface area (Å²) in [5, 5.41) is 4.96. The Morgan fingerprint density at radius 1 is 0.933 bits per heavy atom. The molecule has 0 bridgehead atoms. The highest BCUT2D eigenvalue weighted by molar-refractivity contribution is 6.42. The molecule has 0 atom stereocenters. The van der Waals surface area contributed by atoms with Crippen LogP contribution in [0.4, 0.5) is 5.69 Å². The number of hydrogen-bond donors (Lipinski definition) is 1. The number of aromatic nitrogens is 1. The van der Waals surface area contributed by atoms with Gasteiger partial charge in [-0.25, -0.2) is 4.98 Å². The molecule has 0 aliphatic carbocycles. The lowest BCUT2D eigenvalue weighted by Gasteiger charge is -2.13. The van der Waals surface area contributed by atoms with Crippen molar-refractivity contribution in [3.05, 3.63) is 87.4 Å². The standard InChI is InChI=1S/C23H15Cl3N2O2/c1-30-22-9-7-14(24)11-21(22)28-23(29)16-12-20(13-6-8-17(25)18(26)10-13)27-19-5-3-2-4-15(16)19/h2-12H,1H3,(H,28,29). The first kappa shape index (κ1) is 20.5. The molecule has 4 rings (SSSR count). The normalized spacial score (nSPS) is 10.8. The molecule has 0 unspecified atom stereocenters. The first-order chi connectivity index (χ1) is 14.5. The van der Waals surface area contributed by atoms with Gasteiger partial charge in [0.05, 0.1) is 39.6 Å². The van der Waals surface area contributed by atoms with Gasteiger partial charge < -0.3 is 10.1 Å². The summed E-state index contributed by atoms with van der Waals surface area (Å²) >= 11 is 18.3. The molecule has 4 nitrogen and oxygen atoms in total. The first-order valence-electron chi connectivity index (χ1n) is 8.96. The van der Waals surface area contributed by atoms with E-state index in [1.54, 1.807) is 36.4 Å². The minimum Gasteiger partial charge on any atom is -0.495 e. The Hall–Kier alpha value is -2.79. The molecule has 0 saturated carbocycles. The minimum atomic E-state index is -0.310. The van der Waals surface area contributed by atoms with Crippen molar-refractivity contribution in [3.63, 3.8) is 0 Å². The van der Waals surface area contributed by atoms with E-state index in [-0.39, 0.29) is 5.91 Å². The van der Waals surface area contributed by atoms with Gasteiger partial charge in [-0.15, -0.1) is 0 Å². The number of nitrogens with zero attached hydrogens (tertiary/aromatic N) is 1. The summed E-state index contributed by atoms with van der Waals surface area (Å²) < 4.78 is 5.33. The summed E-state index contributed by atoms with van der Waals surface area (Å²) in [6.07, 6.45) is 0. The van der Waals surface area contributed by atoms with Crippen LogP contribution in [-0.2, 0) is 0 Å².